The summed E-state index contributed by atoms with van der Waals surface area (Å²) in [5.41, 5.74) is 19.8. The smallest absolute Gasteiger partial charge is 0.235 e. The van der Waals surface area contributed by atoms with Crippen LogP contribution in [0, 0.1) is 0 Å². The van der Waals surface area contributed by atoms with Crippen LogP contribution >= 0.6 is 0 Å². The third kappa shape index (κ3) is 4.31. The van der Waals surface area contributed by atoms with E-state index in [1.807, 2.05) is 0 Å². The Morgan fingerprint density at radius 3 is 1.45 bits per heavy atom. The van der Waals surface area contributed by atoms with Gasteiger partial charge in [-0.2, -0.15) is 0 Å². The fourth-order valence-corrected chi connectivity index (χ4v) is 12.6. The van der Waals surface area contributed by atoms with Crippen LogP contribution < -0.4 is 0 Å². The highest BCUT2D eigenvalue weighted by Crippen LogP contribution is 2.67. The zero-order chi connectivity index (χ0) is 42.4. The lowest BCUT2D eigenvalue weighted by atomic mass is 9.52. The number of nitrogens with zero attached hydrogens (tertiary/aromatic N) is 3. The predicted molar refractivity (Wildman–Crippen MR) is 265 cm³/mol. The molecule has 15 rings (SSSR count). The van der Waals surface area contributed by atoms with Crippen molar-refractivity contribution in [3.63, 3.8) is 0 Å². The van der Waals surface area contributed by atoms with Crippen molar-refractivity contribution in [2.75, 3.05) is 0 Å². The molecule has 0 radical (unpaired) electrons. The molecule has 0 saturated carbocycles. The standard InChI is InChI=1S/C62H37N3/c1-2-18-39-35-40(34-33-38(39)17-1)59-45-23-6-15-31-56(45)63-60(64-59)65-57-32-16-7-22-44(57)47-36-55-46(37-58(47)65)43-21-5-10-26-50(43)62(55)53-29-13-11-27-51(53)61(52-28-12-14-30-54(52)62)48-24-8-3-19-41(48)42-20-4-9-25-49(42)61/h1-37H. The molecule has 0 aliphatic heterocycles. The van der Waals surface area contributed by atoms with Crippen molar-refractivity contribution in [2.24, 2.45) is 0 Å². The van der Waals surface area contributed by atoms with Crippen LogP contribution in [0.15, 0.2) is 224 Å². The fourth-order valence-electron chi connectivity index (χ4n) is 12.6. The van der Waals surface area contributed by atoms with Gasteiger partial charge in [-0.05, 0) is 108 Å². The number of benzene rings is 10. The summed E-state index contributed by atoms with van der Waals surface area (Å²) in [6.45, 7) is 0. The Kier molecular flexibility index (Phi) is 6.82. The second-order valence-corrected chi connectivity index (χ2v) is 17.9. The Bertz CT molecular complexity index is 3940. The van der Waals surface area contributed by atoms with E-state index in [1.54, 1.807) is 0 Å². The van der Waals surface area contributed by atoms with E-state index in [0.717, 1.165) is 33.2 Å². The lowest BCUT2D eigenvalue weighted by Crippen LogP contribution is -2.43. The molecule has 300 valence electrons. The Hall–Kier alpha value is -8.40. The molecule has 3 heteroatoms. The quantitative estimate of drug-likeness (QED) is 0.174. The third-order valence-electron chi connectivity index (χ3n) is 15.1. The van der Waals surface area contributed by atoms with Crippen molar-refractivity contribution in [2.45, 2.75) is 10.8 Å². The molecule has 0 saturated heterocycles. The van der Waals surface area contributed by atoms with Crippen LogP contribution in [-0.2, 0) is 10.8 Å². The maximum Gasteiger partial charge on any atom is 0.235 e. The molecule has 65 heavy (non-hydrogen) atoms. The summed E-state index contributed by atoms with van der Waals surface area (Å²) in [4.78, 5) is 10.9. The number of para-hydroxylation sites is 2. The summed E-state index contributed by atoms with van der Waals surface area (Å²) < 4.78 is 2.31. The van der Waals surface area contributed by atoms with E-state index in [1.165, 1.54) is 88.3 Å². The van der Waals surface area contributed by atoms with Crippen molar-refractivity contribution < 1.29 is 0 Å². The molecule has 0 atom stereocenters. The summed E-state index contributed by atoms with van der Waals surface area (Å²) in [6, 6.07) is 83.4. The van der Waals surface area contributed by atoms with Crippen LogP contribution in [0.25, 0.3) is 82.9 Å². The van der Waals surface area contributed by atoms with Gasteiger partial charge in [0.15, 0.2) is 0 Å². The van der Waals surface area contributed by atoms with Crippen LogP contribution in [0.3, 0.4) is 0 Å². The van der Waals surface area contributed by atoms with Gasteiger partial charge in [0.2, 0.25) is 5.95 Å². The molecule has 3 nitrogen and oxygen atoms in total. The highest BCUT2D eigenvalue weighted by Gasteiger charge is 2.59. The van der Waals surface area contributed by atoms with Gasteiger partial charge in [0.1, 0.15) is 0 Å². The number of hydrogen-bond donors (Lipinski definition) is 0. The van der Waals surface area contributed by atoms with E-state index in [-0.39, 0.29) is 0 Å². The number of fused-ring (bicyclic) bond motifs is 21. The molecule has 2 spiro atoms. The van der Waals surface area contributed by atoms with E-state index in [4.69, 9.17) is 9.97 Å². The maximum absolute atomic E-state index is 5.53. The molecule has 0 amide bonds. The van der Waals surface area contributed by atoms with Gasteiger partial charge in [-0.3, -0.25) is 4.57 Å². The Balaban J connectivity index is 1.05. The van der Waals surface area contributed by atoms with E-state index in [2.05, 4.69) is 229 Å². The molecule has 12 aromatic rings. The van der Waals surface area contributed by atoms with Gasteiger partial charge >= 0.3 is 0 Å². The largest absolute Gasteiger partial charge is 0.278 e. The molecule has 0 bridgehead atoms. The van der Waals surface area contributed by atoms with E-state index < -0.39 is 10.8 Å². The molecule has 0 unspecified atom stereocenters. The van der Waals surface area contributed by atoms with Crippen molar-refractivity contribution in [1.82, 2.24) is 14.5 Å². The molecule has 10 aromatic carbocycles. The Morgan fingerprint density at radius 1 is 0.308 bits per heavy atom. The minimum absolute atomic E-state index is 0.486. The van der Waals surface area contributed by atoms with Gasteiger partial charge in [0.25, 0.3) is 0 Å². The molecule has 2 aromatic heterocycles. The summed E-state index contributed by atoms with van der Waals surface area (Å²) in [6.07, 6.45) is 0. The lowest BCUT2D eigenvalue weighted by molar-refractivity contribution is 0.633. The third-order valence-corrected chi connectivity index (χ3v) is 15.1. The van der Waals surface area contributed by atoms with Crippen molar-refractivity contribution >= 4 is 43.5 Å². The first-order valence-corrected chi connectivity index (χ1v) is 22.6. The van der Waals surface area contributed by atoms with Gasteiger partial charge in [-0.15, -0.1) is 0 Å². The SMILES string of the molecule is c1ccc2c(c1)-c1ccccc1C21c2ccccc2C2(c3ccccc3-c3cc4c(cc32)c2ccccc2n4-c2nc(-c3ccc4ccccc4c3)c3ccccc3n2)c2ccccc21. The van der Waals surface area contributed by atoms with E-state index in [9.17, 15) is 0 Å². The number of hydrogen-bond acceptors (Lipinski definition) is 2. The molecule has 0 N–H and O–H groups in total. The van der Waals surface area contributed by atoms with Gasteiger partial charge in [-0.25, -0.2) is 9.97 Å². The summed E-state index contributed by atoms with van der Waals surface area (Å²) in [5.74, 6) is 0.660. The predicted octanol–water partition coefficient (Wildman–Crippen LogP) is 14.6. The molecule has 2 heterocycles. The lowest BCUT2D eigenvalue weighted by Gasteiger charge is -2.48. The topological polar surface area (TPSA) is 30.7 Å². The molecule has 0 fully saturated rings. The molecular weight excluding hydrogens is 787 g/mol. The molecular formula is C62H37N3. The van der Waals surface area contributed by atoms with Crippen molar-refractivity contribution in [1.29, 1.82) is 0 Å². The molecule has 3 aliphatic rings. The second-order valence-electron chi connectivity index (χ2n) is 17.9. The zero-order valence-electron chi connectivity index (χ0n) is 35.2. The number of aromatic nitrogens is 3. The average molecular weight is 824 g/mol. The van der Waals surface area contributed by atoms with Gasteiger partial charge in [0, 0.05) is 21.7 Å². The Labute approximate surface area is 375 Å². The average Bonchev–Trinajstić information content (AvgIpc) is 3.97. The minimum atomic E-state index is -0.586. The van der Waals surface area contributed by atoms with Crippen LogP contribution in [0.2, 0.25) is 0 Å². The van der Waals surface area contributed by atoms with Crippen molar-refractivity contribution in [3.8, 4) is 39.5 Å². The van der Waals surface area contributed by atoms with Crippen molar-refractivity contribution in [3.05, 3.63) is 269 Å². The molecule has 3 aliphatic carbocycles. The van der Waals surface area contributed by atoms with Gasteiger partial charge in [0.05, 0.1) is 33.1 Å². The van der Waals surface area contributed by atoms with Gasteiger partial charge in [-0.1, -0.05) is 194 Å². The number of rotatable bonds is 2. The van der Waals surface area contributed by atoms with E-state index in [0.29, 0.717) is 5.95 Å². The first-order chi connectivity index (χ1) is 32.2. The highest BCUT2D eigenvalue weighted by molar-refractivity contribution is 6.12. The Morgan fingerprint density at radius 2 is 0.800 bits per heavy atom. The normalized spacial score (nSPS) is 14.4. The minimum Gasteiger partial charge on any atom is -0.278 e. The summed E-state index contributed by atoms with van der Waals surface area (Å²) >= 11 is 0. The first kappa shape index (κ1) is 35.1. The van der Waals surface area contributed by atoms with Crippen LogP contribution in [0.4, 0.5) is 0 Å². The van der Waals surface area contributed by atoms with Crippen LogP contribution in [-0.4, -0.2) is 14.5 Å². The van der Waals surface area contributed by atoms with Crippen LogP contribution in [0.5, 0.6) is 0 Å². The van der Waals surface area contributed by atoms with Gasteiger partial charge < -0.3 is 0 Å². The van der Waals surface area contributed by atoms with Crippen LogP contribution in [0.1, 0.15) is 44.5 Å². The zero-order valence-corrected chi connectivity index (χ0v) is 35.2. The first-order valence-electron chi connectivity index (χ1n) is 22.6. The summed E-state index contributed by atoms with van der Waals surface area (Å²) in [7, 11) is 0. The van der Waals surface area contributed by atoms with E-state index >= 15 is 0 Å². The highest BCUT2D eigenvalue weighted by atomic mass is 15.2. The second kappa shape index (κ2) is 12.6. The summed E-state index contributed by atoms with van der Waals surface area (Å²) in [5, 5.41) is 5.78. The monoisotopic (exact) mass is 823 g/mol. The maximum atomic E-state index is 5.53. The fraction of sp³-hybridized carbons (Fsp3) is 0.0323.